The van der Waals surface area contributed by atoms with Crippen LogP contribution in [0.2, 0.25) is 0 Å². The number of rotatable bonds is 6. The zero-order chi connectivity index (χ0) is 13.6. The molecule has 1 rings (SSSR count). The van der Waals surface area contributed by atoms with E-state index in [9.17, 15) is 9.59 Å². The topological polar surface area (TPSA) is 84.2 Å². The Balaban J connectivity index is 2.53. The normalized spacial score (nSPS) is 20.4. The minimum absolute atomic E-state index is 0.0995. The zero-order valence-electron chi connectivity index (χ0n) is 11.1. The molecule has 4 N–H and O–H groups in total. The second-order valence-electron chi connectivity index (χ2n) is 4.63. The third-order valence-electron chi connectivity index (χ3n) is 3.49. The third-order valence-corrected chi connectivity index (χ3v) is 4.62. The van der Waals surface area contributed by atoms with Gasteiger partial charge in [-0.05, 0) is 12.8 Å². The highest BCUT2D eigenvalue weighted by atomic mass is 32.2. The highest BCUT2D eigenvalue weighted by Crippen LogP contribution is 2.16. The average molecular weight is 273 g/mol. The molecule has 104 valence electrons. The number of nitrogens with two attached hydrogens (primary N) is 1. The Morgan fingerprint density at radius 3 is 2.56 bits per heavy atom. The van der Waals surface area contributed by atoms with Gasteiger partial charge in [-0.1, -0.05) is 13.8 Å². The minimum Gasteiger partial charge on any atom is -0.368 e. The number of hydrogen-bond donors (Lipinski definition) is 3. The van der Waals surface area contributed by atoms with E-state index in [4.69, 9.17) is 5.73 Å². The second-order valence-corrected chi connectivity index (χ2v) is 5.78. The van der Waals surface area contributed by atoms with Gasteiger partial charge >= 0.3 is 0 Å². The van der Waals surface area contributed by atoms with Gasteiger partial charge in [0.1, 0.15) is 5.54 Å². The molecule has 1 fully saturated rings. The lowest BCUT2D eigenvalue weighted by molar-refractivity contribution is -0.132. The molecule has 1 heterocycles. The first kappa shape index (κ1) is 15.3. The van der Waals surface area contributed by atoms with Crippen LogP contribution in [0.1, 0.15) is 33.1 Å². The monoisotopic (exact) mass is 273 g/mol. The van der Waals surface area contributed by atoms with Crippen molar-refractivity contribution in [3.8, 4) is 0 Å². The molecule has 0 radical (unpaired) electrons. The van der Waals surface area contributed by atoms with E-state index in [1.165, 1.54) is 0 Å². The molecule has 1 aliphatic heterocycles. The van der Waals surface area contributed by atoms with Crippen LogP contribution in [0.3, 0.4) is 0 Å². The van der Waals surface area contributed by atoms with Crippen LogP contribution < -0.4 is 16.4 Å². The first-order valence-electron chi connectivity index (χ1n) is 6.46. The first-order chi connectivity index (χ1) is 8.54. The fourth-order valence-electron chi connectivity index (χ4n) is 2.13. The average Bonchev–Trinajstić information content (AvgIpc) is 2.37. The fraction of sp³-hybridized carbons (Fsp3) is 0.833. The van der Waals surface area contributed by atoms with Crippen LogP contribution in [-0.4, -0.2) is 41.4 Å². The number of hydrogen-bond acceptors (Lipinski definition) is 4. The lowest BCUT2D eigenvalue weighted by atomic mass is 9.91. The molecule has 0 saturated carbocycles. The number of primary amides is 1. The highest BCUT2D eigenvalue weighted by Gasteiger charge is 2.34. The van der Waals surface area contributed by atoms with Crippen molar-refractivity contribution in [1.29, 1.82) is 0 Å². The minimum atomic E-state index is -0.890. The van der Waals surface area contributed by atoms with E-state index >= 15 is 0 Å². The van der Waals surface area contributed by atoms with Crippen molar-refractivity contribution in [1.82, 2.24) is 10.6 Å². The molecule has 1 atom stereocenters. The van der Waals surface area contributed by atoms with E-state index in [0.29, 0.717) is 19.3 Å². The van der Waals surface area contributed by atoms with Crippen LogP contribution in [-0.2, 0) is 9.59 Å². The maximum Gasteiger partial charge on any atom is 0.243 e. The molecule has 5 nitrogen and oxygen atoms in total. The third kappa shape index (κ3) is 3.88. The summed E-state index contributed by atoms with van der Waals surface area (Å²) in [5, 5.41) is 6.12. The number of amides is 2. The highest BCUT2D eigenvalue weighted by molar-refractivity contribution is 7.99. The van der Waals surface area contributed by atoms with Crippen LogP contribution >= 0.6 is 11.8 Å². The number of carbonyl (C=O) groups excluding carboxylic acids is 2. The van der Waals surface area contributed by atoms with Gasteiger partial charge in [0.25, 0.3) is 0 Å². The Kier molecular flexibility index (Phi) is 5.95. The molecule has 1 unspecified atom stereocenters. The molecule has 0 spiro atoms. The predicted octanol–water partition coefficient (Wildman–Crippen LogP) is 0.242. The van der Waals surface area contributed by atoms with Gasteiger partial charge < -0.3 is 16.4 Å². The van der Waals surface area contributed by atoms with Crippen molar-refractivity contribution >= 4 is 23.6 Å². The smallest absolute Gasteiger partial charge is 0.243 e. The molecule has 6 heteroatoms. The summed E-state index contributed by atoms with van der Waals surface area (Å²) in [5.41, 5.74) is 4.51. The van der Waals surface area contributed by atoms with Crippen molar-refractivity contribution in [2.45, 2.75) is 44.7 Å². The summed E-state index contributed by atoms with van der Waals surface area (Å²) in [6.45, 7) is 4.66. The molecular formula is C12H23N3O2S. The lowest BCUT2D eigenvalue weighted by Crippen LogP contribution is -2.57. The quantitative estimate of drug-likeness (QED) is 0.647. The van der Waals surface area contributed by atoms with Gasteiger partial charge in [0.15, 0.2) is 0 Å². The maximum absolute atomic E-state index is 12.0. The largest absolute Gasteiger partial charge is 0.368 e. The summed E-state index contributed by atoms with van der Waals surface area (Å²) in [4.78, 5) is 23.5. The van der Waals surface area contributed by atoms with Gasteiger partial charge in [-0.3, -0.25) is 9.59 Å². The van der Waals surface area contributed by atoms with E-state index in [1.54, 1.807) is 0 Å². The first-order valence-corrected chi connectivity index (χ1v) is 7.61. The van der Waals surface area contributed by atoms with Crippen molar-refractivity contribution in [3.63, 3.8) is 0 Å². The molecule has 0 bridgehead atoms. The Morgan fingerprint density at radius 2 is 2.11 bits per heavy atom. The van der Waals surface area contributed by atoms with Gasteiger partial charge in [0.05, 0.1) is 0 Å². The van der Waals surface area contributed by atoms with Crippen LogP contribution in [0.5, 0.6) is 0 Å². The van der Waals surface area contributed by atoms with E-state index in [2.05, 4.69) is 10.6 Å². The van der Waals surface area contributed by atoms with Crippen molar-refractivity contribution in [2.75, 3.05) is 18.1 Å². The molecule has 1 saturated heterocycles. The van der Waals surface area contributed by atoms with E-state index in [0.717, 1.165) is 18.1 Å². The summed E-state index contributed by atoms with van der Waals surface area (Å²) in [6.07, 6.45) is 1.46. The molecule has 1 aliphatic rings. The van der Waals surface area contributed by atoms with Crippen molar-refractivity contribution in [3.05, 3.63) is 0 Å². The lowest BCUT2D eigenvalue weighted by Gasteiger charge is -2.30. The molecule has 2 amide bonds. The molecule has 0 aromatic rings. The predicted molar refractivity (Wildman–Crippen MR) is 74.4 cm³/mol. The van der Waals surface area contributed by atoms with Gasteiger partial charge in [-0.25, -0.2) is 0 Å². The van der Waals surface area contributed by atoms with E-state index in [1.807, 2.05) is 25.6 Å². The summed E-state index contributed by atoms with van der Waals surface area (Å²) in [6, 6.07) is 0.197. The van der Waals surface area contributed by atoms with Crippen LogP contribution in [0.15, 0.2) is 0 Å². The van der Waals surface area contributed by atoms with Crippen LogP contribution in [0, 0.1) is 0 Å². The summed E-state index contributed by atoms with van der Waals surface area (Å²) < 4.78 is 0. The maximum atomic E-state index is 12.0. The Bertz CT molecular complexity index is 300. The molecule has 18 heavy (non-hydrogen) atoms. The standard InChI is InChI=1S/C12H23N3O2S/c1-3-12(4-2,11(13)17)15-10(16)7-9-8-18-6-5-14-9/h9,14H,3-8H2,1-2H3,(H2,13,17)(H,15,16). The van der Waals surface area contributed by atoms with Crippen molar-refractivity contribution in [2.24, 2.45) is 5.73 Å². The number of thioether (sulfide) groups is 1. The van der Waals surface area contributed by atoms with Gasteiger partial charge in [-0.15, -0.1) is 0 Å². The Hall–Kier alpha value is -0.750. The Labute approximate surface area is 113 Å². The second kappa shape index (κ2) is 6.99. The summed E-state index contributed by atoms with van der Waals surface area (Å²) in [5.74, 6) is 1.48. The SMILES string of the molecule is CCC(CC)(NC(=O)CC1CSCCN1)C(N)=O. The van der Waals surface area contributed by atoms with Gasteiger partial charge in [0.2, 0.25) is 11.8 Å². The zero-order valence-corrected chi connectivity index (χ0v) is 11.9. The van der Waals surface area contributed by atoms with Crippen LogP contribution in [0.25, 0.3) is 0 Å². The van der Waals surface area contributed by atoms with E-state index < -0.39 is 11.4 Å². The van der Waals surface area contributed by atoms with E-state index in [-0.39, 0.29) is 11.9 Å². The van der Waals surface area contributed by atoms with Crippen LogP contribution in [0.4, 0.5) is 0 Å². The van der Waals surface area contributed by atoms with Gasteiger partial charge in [0, 0.05) is 30.5 Å². The Morgan fingerprint density at radius 1 is 1.44 bits per heavy atom. The summed E-state index contributed by atoms with van der Waals surface area (Å²) >= 11 is 1.85. The fourth-order valence-corrected chi connectivity index (χ4v) is 3.08. The number of carbonyl (C=O) groups is 2. The molecule has 0 aromatic carbocycles. The van der Waals surface area contributed by atoms with Gasteiger partial charge in [-0.2, -0.15) is 11.8 Å². The number of nitrogens with one attached hydrogen (secondary N) is 2. The molecular weight excluding hydrogens is 250 g/mol. The summed E-state index contributed by atoms with van der Waals surface area (Å²) in [7, 11) is 0. The van der Waals surface area contributed by atoms with Crippen molar-refractivity contribution < 1.29 is 9.59 Å². The molecule has 0 aliphatic carbocycles. The molecule has 0 aromatic heterocycles.